The number of nitrogens with zero attached hydrogens (tertiary/aromatic N) is 2. The average Bonchev–Trinajstić information content (AvgIpc) is 2.33. The molecule has 1 N–H and O–H groups in total. The maximum Gasteiger partial charge on any atom is 0.409 e. The lowest BCUT2D eigenvalue weighted by Crippen LogP contribution is -2.44. The molecule has 0 aliphatic rings. The largest absolute Gasteiger partial charge is 0.453 e. The van der Waals surface area contributed by atoms with Crippen molar-refractivity contribution in [3.63, 3.8) is 0 Å². The molecule has 3 amide bonds. The van der Waals surface area contributed by atoms with E-state index in [0.717, 1.165) is 4.90 Å². The highest BCUT2D eigenvalue weighted by Crippen LogP contribution is 1.94. The summed E-state index contributed by atoms with van der Waals surface area (Å²) in [5, 5.41) is 2.43. The van der Waals surface area contributed by atoms with Gasteiger partial charge in [-0.1, -0.05) is 0 Å². The molecule has 0 atom stereocenters. The van der Waals surface area contributed by atoms with Crippen molar-refractivity contribution in [3.05, 3.63) is 0 Å². The van der Waals surface area contributed by atoms with Gasteiger partial charge >= 0.3 is 6.09 Å². The smallest absolute Gasteiger partial charge is 0.409 e. The van der Waals surface area contributed by atoms with Crippen molar-refractivity contribution in [2.75, 3.05) is 40.8 Å². The van der Waals surface area contributed by atoms with Crippen LogP contribution in [-0.2, 0) is 14.3 Å². The van der Waals surface area contributed by atoms with Crippen LogP contribution in [0, 0.1) is 0 Å². The third-order valence-corrected chi connectivity index (χ3v) is 2.21. The summed E-state index contributed by atoms with van der Waals surface area (Å²) in [5.74, 6) is -0.551. The van der Waals surface area contributed by atoms with Gasteiger partial charge in [-0.2, -0.15) is 0 Å². The molecule has 7 heteroatoms. The Hall–Kier alpha value is -1.79. The first-order chi connectivity index (χ1) is 7.96. The fraction of sp³-hybridized carbons (Fsp3) is 0.700. The molecule has 0 saturated carbocycles. The SMILES string of the molecule is CCN(CC(=O)NC)C(=O)CN(C)C(=O)OC. The number of ether oxygens (including phenoxy) is 1. The number of amides is 3. The van der Waals surface area contributed by atoms with E-state index in [1.54, 1.807) is 6.92 Å². The van der Waals surface area contributed by atoms with Gasteiger partial charge in [-0.05, 0) is 6.92 Å². The van der Waals surface area contributed by atoms with Crippen molar-refractivity contribution in [2.24, 2.45) is 0 Å². The molecule has 0 heterocycles. The number of carbonyl (C=O) groups is 3. The summed E-state index contributed by atoms with van der Waals surface area (Å²) in [5.41, 5.74) is 0. The second-order valence-corrected chi connectivity index (χ2v) is 3.41. The van der Waals surface area contributed by atoms with Crippen molar-refractivity contribution in [1.82, 2.24) is 15.1 Å². The second-order valence-electron chi connectivity index (χ2n) is 3.41. The molecular weight excluding hydrogens is 226 g/mol. The molecule has 0 aromatic carbocycles. The van der Waals surface area contributed by atoms with Crippen LogP contribution in [0.4, 0.5) is 4.79 Å². The summed E-state index contributed by atoms with van der Waals surface area (Å²) in [6.07, 6.45) is -0.589. The number of carbonyl (C=O) groups excluding carboxylic acids is 3. The van der Waals surface area contributed by atoms with E-state index in [1.165, 1.54) is 26.1 Å². The van der Waals surface area contributed by atoms with Crippen LogP contribution >= 0.6 is 0 Å². The topological polar surface area (TPSA) is 79.0 Å². The van der Waals surface area contributed by atoms with Gasteiger partial charge < -0.3 is 19.9 Å². The highest BCUT2D eigenvalue weighted by molar-refractivity contribution is 5.87. The molecule has 0 bridgehead atoms. The van der Waals surface area contributed by atoms with Gasteiger partial charge in [0, 0.05) is 20.6 Å². The monoisotopic (exact) mass is 245 g/mol. The predicted molar refractivity (Wildman–Crippen MR) is 61.4 cm³/mol. The Kier molecular flexibility index (Phi) is 6.69. The Labute approximate surface area is 101 Å². The molecule has 0 aromatic heterocycles. The Bertz CT molecular complexity index is 293. The van der Waals surface area contributed by atoms with Crippen molar-refractivity contribution in [3.8, 4) is 0 Å². The highest BCUT2D eigenvalue weighted by Gasteiger charge is 2.19. The maximum atomic E-state index is 11.8. The van der Waals surface area contributed by atoms with Gasteiger partial charge in [0.05, 0.1) is 13.7 Å². The van der Waals surface area contributed by atoms with Gasteiger partial charge in [-0.25, -0.2) is 4.79 Å². The van der Waals surface area contributed by atoms with E-state index >= 15 is 0 Å². The number of nitrogens with one attached hydrogen (secondary N) is 1. The molecule has 0 radical (unpaired) electrons. The molecule has 0 unspecified atom stereocenters. The number of hydrogen-bond acceptors (Lipinski definition) is 4. The van der Waals surface area contributed by atoms with Crippen molar-refractivity contribution < 1.29 is 19.1 Å². The highest BCUT2D eigenvalue weighted by atomic mass is 16.5. The Morgan fingerprint density at radius 2 is 1.82 bits per heavy atom. The summed E-state index contributed by atoms with van der Waals surface area (Å²) in [6, 6.07) is 0. The summed E-state index contributed by atoms with van der Waals surface area (Å²) in [6.45, 7) is 2.04. The maximum absolute atomic E-state index is 11.8. The summed E-state index contributed by atoms with van der Waals surface area (Å²) in [4.78, 5) is 36.5. The zero-order chi connectivity index (χ0) is 13.4. The zero-order valence-electron chi connectivity index (χ0n) is 10.6. The minimum absolute atomic E-state index is 0.0130. The van der Waals surface area contributed by atoms with Crippen LogP contribution in [0.3, 0.4) is 0 Å². The molecule has 0 saturated heterocycles. The lowest BCUT2D eigenvalue weighted by atomic mass is 10.4. The normalized spacial score (nSPS) is 9.41. The van der Waals surface area contributed by atoms with E-state index in [1.807, 2.05) is 0 Å². The van der Waals surface area contributed by atoms with Gasteiger partial charge in [0.2, 0.25) is 11.8 Å². The Morgan fingerprint density at radius 3 is 2.24 bits per heavy atom. The van der Waals surface area contributed by atoms with Gasteiger partial charge in [0.25, 0.3) is 0 Å². The first-order valence-electron chi connectivity index (χ1n) is 5.23. The molecule has 7 nitrogen and oxygen atoms in total. The number of rotatable bonds is 5. The van der Waals surface area contributed by atoms with Crippen LogP contribution in [-0.4, -0.2) is 68.5 Å². The minimum Gasteiger partial charge on any atom is -0.453 e. The first-order valence-corrected chi connectivity index (χ1v) is 5.23. The van der Waals surface area contributed by atoms with E-state index in [4.69, 9.17) is 0 Å². The molecule has 98 valence electrons. The predicted octanol–water partition coefficient (Wildman–Crippen LogP) is -0.721. The first kappa shape index (κ1) is 15.2. The summed E-state index contributed by atoms with van der Waals surface area (Å²) < 4.78 is 4.47. The molecule has 0 aliphatic heterocycles. The van der Waals surface area contributed by atoms with E-state index in [2.05, 4.69) is 10.1 Å². The molecule has 17 heavy (non-hydrogen) atoms. The third kappa shape index (κ3) is 5.19. The molecule has 0 fully saturated rings. The molecule has 0 spiro atoms. The van der Waals surface area contributed by atoms with Crippen LogP contribution in [0.5, 0.6) is 0 Å². The lowest BCUT2D eigenvalue weighted by Gasteiger charge is -2.23. The zero-order valence-corrected chi connectivity index (χ0v) is 10.6. The molecule has 0 aromatic rings. The average molecular weight is 245 g/mol. The standard InChI is InChI=1S/C10H19N3O4/c1-5-13(6-8(14)11-2)9(15)7-12(3)10(16)17-4/h5-7H2,1-4H3,(H,11,14). The molecular formula is C10H19N3O4. The Morgan fingerprint density at radius 1 is 1.24 bits per heavy atom. The van der Waals surface area contributed by atoms with E-state index < -0.39 is 6.09 Å². The van der Waals surface area contributed by atoms with Crippen LogP contribution in [0.25, 0.3) is 0 Å². The van der Waals surface area contributed by atoms with E-state index in [-0.39, 0.29) is 24.9 Å². The van der Waals surface area contributed by atoms with Crippen molar-refractivity contribution in [2.45, 2.75) is 6.92 Å². The summed E-state index contributed by atoms with van der Waals surface area (Å²) in [7, 11) is 4.20. The molecule has 0 aliphatic carbocycles. The van der Waals surface area contributed by atoms with Crippen LogP contribution < -0.4 is 5.32 Å². The fourth-order valence-corrected chi connectivity index (χ4v) is 1.15. The van der Waals surface area contributed by atoms with Gasteiger partial charge in [-0.3, -0.25) is 9.59 Å². The summed E-state index contributed by atoms with van der Waals surface area (Å²) >= 11 is 0. The minimum atomic E-state index is -0.589. The quantitative estimate of drug-likeness (QED) is 0.693. The van der Waals surface area contributed by atoms with Crippen LogP contribution in [0.1, 0.15) is 6.92 Å². The lowest BCUT2D eigenvalue weighted by molar-refractivity contribution is -0.136. The van der Waals surface area contributed by atoms with Crippen LogP contribution in [0.2, 0.25) is 0 Å². The van der Waals surface area contributed by atoms with Gasteiger partial charge in [-0.15, -0.1) is 0 Å². The number of methoxy groups -OCH3 is 1. The van der Waals surface area contributed by atoms with Gasteiger partial charge in [0.15, 0.2) is 0 Å². The molecule has 0 rings (SSSR count). The van der Waals surface area contributed by atoms with E-state index in [0.29, 0.717) is 6.54 Å². The van der Waals surface area contributed by atoms with Crippen LogP contribution in [0.15, 0.2) is 0 Å². The van der Waals surface area contributed by atoms with E-state index in [9.17, 15) is 14.4 Å². The van der Waals surface area contributed by atoms with Gasteiger partial charge in [0.1, 0.15) is 6.54 Å². The fourth-order valence-electron chi connectivity index (χ4n) is 1.15. The number of hydrogen-bond donors (Lipinski definition) is 1. The Balaban J connectivity index is 4.35. The second kappa shape index (κ2) is 7.48. The van der Waals surface area contributed by atoms with Crippen molar-refractivity contribution in [1.29, 1.82) is 0 Å². The number of likely N-dealkylation sites (N-methyl/N-ethyl adjacent to an activating group) is 3. The third-order valence-electron chi connectivity index (χ3n) is 2.21. The van der Waals surface area contributed by atoms with Crippen molar-refractivity contribution >= 4 is 17.9 Å².